The van der Waals surface area contributed by atoms with Crippen LogP contribution in [0.15, 0.2) is 113 Å². The summed E-state index contributed by atoms with van der Waals surface area (Å²) in [6, 6.07) is 22.1. The Bertz CT molecular complexity index is 1950. The van der Waals surface area contributed by atoms with E-state index in [0.717, 1.165) is 24.0 Å². The number of allylic oxidation sites excluding steroid dienone is 3. The average molecular weight is 663 g/mol. The number of rotatable bonds is 14. The van der Waals surface area contributed by atoms with Gasteiger partial charge in [0.2, 0.25) is 5.91 Å². The van der Waals surface area contributed by atoms with Gasteiger partial charge in [-0.3, -0.25) is 19.5 Å². The van der Waals surface area contributed by atoms with Crippen molar-refractivity contribution in [3.8, 4) is 5.69 Å². The molecule has 49 heavy (non-hydrogen) atoms. The number of aliphatic hydroxyl groups is 2. The Hall–Kier alpha value is -4.99. The van der Waals surface area contributed by atoms with Crippen molar-refractivity contribution in [3.05, 3.63) is 130 Å². The van der Waals surface area contributed by atoms with Crippen molar-refractivity contribution in [1.29, 1.82) is 0 Å². The minimum atomic E-state index is -1.95. The highest BCUT2D eigenvalue weighted by Crippen LogP contribution is 2.46. The number of carbonyl (C=O) groups is 2. The van der Waals surface area contributed by atoms with Gasteiger partial charge in [0.1, 0.15) is 0 Å². The summed E-state index contributed by atoms with van der Waals surface area (Å²) in [5.41, 5.74) is 3.31. The monoisotopic (exact) mass is 662 g/mol. The summed E-state index contributed by atoms with van der Waals surface area (Å²) in [5, 5.41) is 25.6. The third-order valence-corrected chi connectivity index (χ3v) is 9.13. The van der Waals surface area contributed by atoms with Gasteiger partial charge in [0, 0.05) is 37.5 Å². The first kappa shape index (κ1) is 35.3. The van der Waals surface area contributed by atoms with Gasteiger partial charge in [-0.25, -0.2) is 4.68 Å². The molecule has 0 saturated heterocycles. The lowest BCUT2D eigenvalue weighted by Crippen LogP contribution is -2.44. The molecule has 0 unspecified atom stereocenters. The molecule has 2 atom stereocenters. The number of anilines is 1. The van der Waals surface area contributed by atoms with Crippen LogP contribution in [0.1, 0.15) is 58.1 Å². The van der Waals surface area contributed by atoms with Gasteiger partial charge in [-0.05, 0) is 69.5 Å². The zero-order valence-electron chi connectivity index (χ0n) is 28.7. The van der Waals surface area contributed by atoms with Gasteiger partial charge in [-0.2, -0.15) is 0 Å². The summed E-state index contributed by atoms with van der Waals surface area (Å²) in [5.74, 6) is -1.36. The lowest BCUT2D eigenvalue weighted by atomic mass is 9.82. The van der Waals surface area contributed by atoms with Crippen LogP contribution in [-0.4, -0.2) is 56.4 Å². The highest BCUT2D eigenvalue weighted by atomic mass is 16.3. The van der Waals surface area contributed by atoms with Crippen LogP contribution in [0.4, 0.5) is 5.69 Å². The number of aromatic nitrogens is 2. The quantitative estimate of drug-likeness (QED) is 0.140. The number of hydrogen-bond acceptors (Lipinski definition) is 5. The number of H-pyrrole nitrogens is 1. The molecule has 1 aliphatic heterocycles. The van der Waals surface area contributed by atoms with Crippen molar-refractivity contribution >= 4 is 28.4 Å². The fraction of sp³-hybridized carbons (Fsp3) is 0.325. The van der Waals surface area contributed by atoms with Gasteiger partial charge in [-0.1, -0.05) is 84.8 Å². The summed E-state index contributed by atoms with van der Waals surface area (Å²) < 4.78 is 1.42. The zero-order chi connectivity index (χ0) is 35.1. The highest BCUT2D eigenvalue weighted by molar-refractivity contribution is 6.07. The largest absolute Gasteiger partial charge is 0.395 e. The van der Waals surface area contributed by atoms with Crippen LogP contribution in [0.25, 0.3) is 16.6 Å². The number of fused-ring (bicyclic) bond motifs is 2. The lowest BCUT2D eigenvalue weighted by Gasteiger charge is -2.28. The number of para-hydroxylation sites is 1. The van der Waals surface area contributed by atoms with Crippen molar-refractivity contribution < 1.29 is 19.8 Å². The second kappa shape index (κ2) is 15.5. The number of amides is 2. The number of aromatic amines is 1. The molecule has 1 aromatic heterocycles. The number of aliphatic hydroxyl groups excluding tert-OH is 1. The van der Waals surface area contributed by atoms with Crippen molar-refractivity contribution in [3.63, 3.8) is 0 Å². The molecule has 5 rings (SSSR count). The molecule has 0 bridgehead atoms. The molecule has 0 aliphatic carbocycles. The summed E-state index contributed by atoms with van der Waals surface area (Å²) in [6.45, 7) is 8.61. The molecule has 2 amide bonds. The Kier molecular flexibility index (Phi) is 11.2. The van der Waals surface area contributed by atoms with E-state index >= 15 is 0 Å². The maximum absolute atomic E-state index is 14.2. The molecule has 256 valence electrons. The van der Waals surface area contributed by atoms with Crippen molar-refractivity contribution in [2.45, 2.75) is 59.1 Å². The third-order valence-electron chi connectivity index (χ3n) is 9.13. The first-order chi connectivity index (χ1) is 23.5. The Morgan fingerprint density at radius 2 is 1.73 bits per heavy atom. The summed E-state index contributed by atoms with van der Waals surface area (Å²) in [7, 11) is 0. The van der Waals surface area contributed by atoms with E-state index in [9.17, 15) is 24.6 Å². The summed E-state index contributed by atoms with van der Waals surface area (Å²) >= 11 is 0. The molecule has 3 N–H and O–H groups in total. The predicted molar refractivity (Wildman–Crippen MR) is 194 cm³/mol. The molecule has 0 spiro atoms. The van der Waals surface area contributed by atoms with E-state index in [1.54, 1.807) is 59.2 Å². The van der Waals surface area contributed by atoms with E-state index in [0.29, 0.717) is 34.4 Å². The van der Waals surface area contributed by atoms with Crippen molar-refractivity contribution in [2.75, 3.05) is 24.6 Å². The van der Waals surface area contributed by atoms with Gasteiger partial charge in [0.15, 0.2) is 5.60 Å². The second-order valence-electron chi connectivity index (χ2n) is 13.0. The van der Waals surface area contributed by atoms with Crippen molar-refractivity contribution in [2.24, 2.45) is 5.92 Å². The summed E-state index contributed by atoms with van der Waals surface area (Å²) in [4.78, 5) is 43.9. The van der Waals surface area contributed by atoms with E-state index < -0.39 is 17.4 Å². The Labute approximate surface area is 287 Å². The molecule has 9 nitrogen and oxygen atoms in total. The van der Waals surface area contributed by atoms with E-state index in [-0.39, 0.29) is 37.6 Å². The van der Waals surface area contributed by atoms with Crippen LogP contribution < -0.4 is 10.5 Å². The molecule has 0 saturated carbocycles. The number of benzene rings is 3. The third kappa shape index (κ3) is 7.69. The maximum Gasteiger partial charge on any atom is 0.279 e. The first-order valence-corrected chi connectivity index (χ1v) is 16.8. The van der Waals surface area contributed by atoms with Crippen LogP contribution in [0.3, 0.4) is 0 Å². The van der Waals surface area contributed by atoms with Gasteiger partial charge >= 0.3 is 0 Å². The Morgan fingerprint density at radius 1 is 1.00 bits per heavy atom. The summed E-state index contributed by atoms with van der Waals surface area (Å²) in [6.07, 6.45) is 9.38. The number of carbonyl (C=O) groups excluding carboxylic acids is 2. The van der Waals surface area contributed by atoms with Gasteiger partial charge in [0.25, 0.3) is 11.5 Å². The number of nitrogens with one attached hydrogen (secondary N) is 1. The maximum atomic E-state index is 14.2. The van der Waals surface area contributed by atoms with Gasteiger partial charge < -0.3 is 20.0 Å². The fourth-order valence-corrected chi connectivity index (χ4v) is 6.29. The van der Waals surface area contributed by atoms with Crippen LogP contribution in [0.2, 0.25) is 0 Å². The highest BCUT2D eigenvalue weighted by Gasteiger charge is 2.52. The Morgan fingerprint density at radius 3 is 2.45 bits per heavy atom. The molecule has 1 aliphatic rings. The smallest absolute Gasteiger partial charge is 0.279 e. The SMILES string of the molecule is CC(C)=CCC/C(C)=C/CN1C(=O)[C@@](O)([C@@H](C)/C=C/CC(=O)N(CCO)Cc2ccccc2)c2cc(-n3[nH]c4ccccc4c3=O)ccc21. The topological polar surface area (TPSA) is 119 Å². The van der Waals surface area contributed by atoms with E-state index in [4.69, 9.17) is 0 Å². The number of nitrogens with zero attached hydrogens (tertiary/aromatic N) is 3. The predicted octanol–water partition coefficient (Wildman–Crippen LogP) is 6.15. The molecular formula is C40H46N4O5. The van der Waals surface area contributed by atoms with Crippen molar-refractivity contribution in [1.82, 2.24) is 14.7 Å². The van der Waals surface area contributed by atoms with E-state index in [2.05, 4.69) is 25.0 Å². The minimum Gasteiger partial charge on any atom is -0.395 e. The second-order valence-corrected chi connectivity index (χ2v) is 13.0. The molecule has 9 heteroatoms. The van der Waals surface area contributed by atoms with E-state index in [1.165, 1.54) is 10.3 Å². The average Bonchev–Trinajstić information content (AvgIpc) is 3.54. The van der Waals surface area contributed by atoms with Gasteiger partial charge in [-0.15, -0.1) is 0 Å². The van der Waals surface area contributed by atoms with Crippen LogP contribution in [-0.2, 0) is 21.7 Å². The van der Waals surface area contributed by atoms with Gasteiger partial charge in [0.05, 0.1) is 28.9 Å². The number of hydrogen-bond donors (Lipinski definition) is 3. The standard InChI is InChI=1S/C40H46N4O5/c1-28(2)12-10-13-29(3)22-23-43-36-21-20-32(44-38(47)33-17-8-9-18-35(33)41-44)26-34(36)40(49,39(43)48)30(4)14-11-19-37(46)42(24-25-45)27-31-15-6-5-7-16-31/h5-9,11-12,14-18,20-22,26,30,41,45,49H,10,13,19,23-25,27H2,1-4H3/b14-11+,29-22+/t30-,40+/m0/s1. The van der Waals surface area contributed by atoms with E-state index in [1.807, 2.05) is 55.5 Å². The molecule has 2 heterocycles. The zero-order valence-corrected chi connectivity index (χ0v) is 28.7. The molecule has 3 aromatic carbocycles. The first-order valence-electron chi connectivity index (χ1n) is 16.8. The van der Waals surface area contributed by atoms with Crippen LogP contribution >= 0.6 is 0 Å². The minimum absolute atomic E-state index is 0.0378. The van der Waals surface area contributed by atoms with Crippen LogP contribution in [0.5, 0.6) is 0 Å². The molecule has 0 radical (unpaired) electrons. The molecule has 0 fully saturated rings. The Balaban J connectivity index is 1.44. The normalized spacial score (nSPS) is 16.7. The van der Waals surface area contributed by atoms with Crippen LogP contribution in [0, 0.1) is 5.92 Å². The fourth-order valence-electron chi connectivity index (χ4n) is 6.29. The molecule has 4 aromatic rings. The lowest BCUT2D eigenvalue weighted by molar-refractivity contribution is -0.139. The molecular weight excluding hydrogens is 616 g/mol.